The zero-order valence-electron chi connectivity index (χ0n) is 18.8. The molecular formula is C24H19F3N4O5. The van der Waals surface area contributed by atoms with Crippen molar-refractivity contribution in [2.45, 2.75) is 19.3 Å². The van der Waals surface area contributed by atoms with Gasteiger partial charge in [-0.05, 0) is 42.5 Å². The Hall–Kier alpha value is -4.61. The van der Waals surface area contributed by atoms with Crippen molar-refractivity contribution in [1.82, 2.24) is 14.3 Å². The first-order valence-corrected chi connectivity index (χ1v) is 10.6. The number of halogens is 3. The van der Waals surface area contributed by atoms with Crippen LogP contribution in [0, 0.1) is 0 Å². The van der Waals surface area contributed by atoms with Crippen LogP contribution < -0.4 is 21.2 Å². The third kappa shape index (κ3) is 5.37. The van der Waals surface area contributed by atoms with E-state index < -0.39 is 29.2 Å². The molecule has 0 saturated heterocycles. The maximum absolute atomic E-state index is 13.1. The zero-order chi connectivity index (χ0) is 25.9. The van der Waals surface area contributed by atoms with Gasteiger partial charge in [0.25, 0.3) is 11.1 Å². The summed E-state index contributed by atoms with van der Waals surface area (Å²) in [4.78, 5) is 37.5. The number of hydrogen-bond donors (Lipinski definition) is 1. The van der Waals surface area contributed by atoms with Crippen molar-refractivity contribution in [3.8, 4) is 11.4 Å². The van der Waals surface area contributed by atoms with Gasteiger partial charge in [0.05, 0.1) is 24.6 Å². The van der Waals surface area contributed by atoms with Crippen LogP contribution in [0.15, 0.2) is 76.4 Å². The van der Waals surface area contributed by atoms with Crippen LogP contribution in [0.3, 0.4) is 0 Å². The van der Waals surface area contributed by atoms with E-state index >= 15 is 0 Å². The van der Waals surface area contributed by atoms with Crippen LogP contribution in [-0.2, 0) is 16.1 Å². The quantitative estimate of drug-likeness (QED) is 0.386. The Morgan fingerprint density at radius 2 is 1.67 bits per heavy atom. The predicted molar refractivity (Wildman–Crippen MR) is 125 cm³/mol. The Labute approximate surface area is 201 Å². The van der Waals surface area contributed by atoms with E-state index in [0.717, 1.165) is 16.8 Å². The van der Waals surface area contributed by atoms with Crippen molar-refractivity contribution in [3.63, 3.8) is 0 Å². The minimum atomic E-state index is -4.85. The summed E-state index contributed by atoms with van der Waals surface area (Å²) in [7, 11) is 1.26. The van der Waals surface area contributed by atoms with Crippen molar-refractivity contribution in [2.75, 3.05) is 12.4 Å². The van der Waals surface area contributed by atoms with Gasteiger partial charge >= 0.3 is 12.3 Å². The number of anilines is 2. The third-order valence-corrected chi connectivity index (χ3v) is 5.18. The van der Waals surface area contributed by atoms with Gasteiger partial charge in [0.15, 0.2) is 5.82 Å². The molecule has 0 unspecified atom stereocenters. The molecule has 2 aromatic carbocycles. The number of methoxy groups -OCH3 is 1. The number of carbonyl (C=O) groups excluding carboxylic acids is 1. The monoisotopic (exact) mass is 500 g/mol. The molecule has 12 heteroatoms. The summed E-state index contributed by atoms with van der Waals surface area (Å²) >= 11 is 0. The highest BCUT2D eigenvalue weighted by Gasteiger charge is 2.31. The number of nitrogens with one attached hydrogen (secondary N) is 1. The lowest BCUT2D eigenvalue weighted by molar-refractivity contribution is -0.274. The van der Waals surface area contributed by atoms with Gasteiger partial charge in [-0.3, -0.25) is 14.4 Å². The van der Waals surface area contributed by atoms with E-state index in [1.165, 1.54) is 36.1 Å². The molecule has 0 aliphatic rings. The molecule has 1 N–H and O–H groups in total. The normalized spacial score (nSPS) is 11.3. The lowest BCUT2D eigenvalue weighted by Crippen LogP contribution is -2.25. The average molecular weight is 500 g/mol. The lowest BCUT2D eigenvalue weighted by atomic mass is 10.2. The summed E-state index contributed by atoms with van der Waals surface area (Å²) in [5.41, 5.74) is -0.617. The van der Waals surface area contributed by atoms with E-state index in [-0.39, 0.29) is 35.5 Å². The second kappa shape index (κ2) is 9.94. The number of aryl methyl sites for hydroxylation is 1. The van der Waals surface area contributed by atoms with Gasteiger partial charge in [-0.2, -0.15) is 4.68 Å². The maximum atomic E-state index is 13.1. The standard InChI is InChI=1S/C24H19F3N4O5/c1-35-20(32)12-14-30-13-4-7-19(23(30)34)28-21-17-5-2-3-6-18(17)22(33)31(29-21)15-8-10-16(11-9-15)36-24(25,26)27/h2-11,13H,12,14H2,1H3,(H,28,29). The molecule has 0 aliphatic heterocycles. The Kier molecular flexibility index (Phi) is 6.77. The number of pyridine rings is 1. The molecule has 0 radical (unpaired) electrons. The van der Waals surface area contributed by atoms with Gasteiger partial charge in [-0.25, -0.2) is 0 Å². The molecule has 0 fully saturated rings. The Morgan fingerprint density at radius 3 is 2.33 bits per heavy atom. The van der Waals surface area contributed by atoms with E-state index in [1.54, 1.807) is 30.3 Å². The smallest absolute Gasteiger partial charge is 0.469 e. The molecule has 0 aliphatic carbocycles. The highest BCUT2D eigenvalue weighted by molar-refractivity contribution is 5.92. The van der Waals surface area contributed by atoms with E-state index in [0.29, 0.717) is 5.39 Å². The van der Waals surface area contributed by atoms with Gasteiger partial charge in [-0.1, -0.05) is 18.2 Å². The highest BCUT2D eigenvalue weighted by Crippen LogP contribution is 2.25. The number of benzene rings is 2. The van der Waals surface area contributed by atoms with Crippen LogP contribution in [0.2, 0.25) is 0 Å². The van der Waals surface area contributed by atoms with Gasteiger partial charge < -0.3 is 19.4 Å². The van der Waals surface area contributed by atoms with E-state index in [1.807, 2.05) is 0 Å². The fourth-order valence-electron chi connectivity index (χ4n) is 3.50. The molecule has 0 amide bonds. The first-order chi connectivity index (χ1) is 17.2. The van der Waals surface area contributed by atoms with Crippen LogP contribution in [0.5, 0.6) is 5.75 Å². The van der Waals surface area contributed by atoms with Crippen molar-refractivity contribution in [3.05, 3.63) is 87.6 Å². The zero-order valence-corrected chi connectivity index (χ0v) is 18.8. The molecule has 2 heterocycles. The number of fused-ring (bicyclic) bond motifs is 1. The highest BCUT2D eigenvalue weighted by atomic mass is 19.4. The molecule has 0 spiro atoms. The van der Waals surface area contributed by atoms with Crippen LogP contribution in [0.25, 0.3) is 16.5 Å². The maximum Gasteiger partial charge on any atom is 0.573 e. The molecular weight excluding hydrogens is 481 g/mol. The van der Waals surface area contributed by atoms with Crippen molar-refractivity contribution >= 4 is 28.2 Å². The molecule has 0 atom stereocenters. The topological polar surface area (TPSA) is 104 Å². The summed E-state index contributed by atoms with van der Waals surface area (Å²) in [6.45, 7) is 0.0983. The van der Waals surface area contributed by atoms with Crippen LogP contribution in [0.4, 0.5) is 24.7 Å². The van der Waals surface area contributed by atoms with Crippen LogP contribution in [0.1, 0.15) is 6.42 Å². The SMILES string of the molecule is COC(=O)CCn1cccc(Nc2nn(-c3ccc(OC(F)(F)F)cc3)c(=O)c3ccccc23)c1=O. The molecule has 4 rings (SSSR count). The number of alkyl halides is 3. The number of esters is 1. The minimum absolute atomic E-state index is 0.0000319. The van der Waals surface area contributed by atoms with E-state index in [2.05, 4.69) is 19.9 Å². The summed E-state index contributed by atoms with van der Waals surface area (Å²) in [6.07, 6.45) is -3.33. The molecule has 4 aromatic rings. The first kappa shape index (κ1) is 24.5. The summed E-state index contributed by atoms with van der Waals surface area (Å²) < 4.78 is 48.3. The predicted octanol–water partition coefficient (Wildman–Crippen LogP) is 3.75. The number of rotatable bonds is 7. The van der Waals surface area contributed by atoms with Crippen LogP contribution in [-0.4, -0.2) is 33.8 Å². The Morgan fingerprint density at radius 1 is 0.972 bits per heavy atom. The van der Waals surface area contributed by atoms with Gasteiger partial charge in [0.1, 0.15) is 11.4 Å². The average Bonchev–Trinajstić information content (AvgIpc) is 2.85. The third-order valence-electron chi connectivity index (χ3n) is 5.18. The fraction of sp³-hybridized carbons (Fsp3) is 0.167. The second-order valence-electron chi connectivity index (χ2n) is 7.52. The first-order valence-electron chi connectivity index (χ1n) is 10.6. The van der Waals surface area contributed by atoms with Gasteiger partial charge in [-0.15, -0.1) is 18.3 Å². The van der Waals surface area contributed by atoms with Crippen molar-refractivity contribution in [2.24, 2.45) is 0 Å². The second-order valence-corrected chi connectivity index (χ2v) is 7.52. The number of hydrogen-bond acceptors (Lipinski definition) is 7. The minimum Gasteiger partial charge on any atom is -0.469 e. The molecule has 9 nitrogen and oxygen atoms in total. The Balaban J connectivity index is 1.74. The lowest BCUT2D eigenvalue weighted by Gasteiger charge is -2.14. The largest absolute Gasteiger partial charge is 0.573 e. The van der Waals surface area contributed by atoms with E-state index in [4.69, 9.17) is 0 Å². The van der Waals surface area contributed by atoms with Crippen LogP contribution >= 0.6 is 0 Å². The van der Waals surface area contributed by atoms with Crippen molar-refractivity contribution < 1.29 is 27.4 Å². The number of aromatic nitrogens is 3. The van der Waals surface area contributed by atoms with Gasteiger partial charge in [0, 0.05) is 18.1 Å². The number of ether oxygens (including phenoxy) is 2. The molecule has 0 bridgehead atoms. The number of nitrogens with zero attached hydrogens (tertiary/aromatic N) is 3. The molecule has 36 heavy (non-hydrogen) atoms. The van der Waals surface area contributed by atoms with E-state index in [9.17, 15) is 27.6 Å². The number of carbonyl (C=O) groups is 1. The summed E-state index contributed by atoms with van der Waals surface area (Å²) in [6, 6.07) is 14.4. The Bertz CT molecular complexity index is 1530. The van der Waals surface area contributed by atoms with Gasteiger partial charge in [0.2, 0.25) is 0 Å². The molecule has 0 saturated carbocycles. The fourth-order valence-corrected chi connectivity index (χ4v) is 3.50. The molecule has 2 aromatic heterocycles. The summed E-state index contributed by atoms with van der Waals surface area (Å²) in [5.74, 6) is -0.745. The molecule has 186 valence electrons. The van der Waals surface area contributed by atoms with Crippen molar-refractivity contribution in [1.29, 1.82) is 0 Å². The summed E-state index contributed by atoms with van der Waals surface area (Å²) in [5, 5.41) is 7.98.